The summed E-state index contributed by atoms with van der Waals surface area (Å²) in [5.74, 6) is 1.30. The molecule has 2 N–H and O–H groups in total. The van der Waals surface area contributed by atoms with E-state index in [0.717, 1.165) is 5.56 Å². The smallest absolute Gasteiger partial charge is 0.224 e. The van der Waals surface area contributed by atoms with Crippen LogP contribution in [0.3, 0.4) is 0 Å². The molecule has 0 atom stereocenters. The molecule has 0 aliphatic heterocycles. The summed E-state index contributed by atoms with van der Waals surface area (Å²) >= 11 is 6.92. The molecule has 7 heteroatoms. The number of rotatable bonds is 7. The second-order valence-electron chi connectivity index (χ2n) is 6.50. The average molecular weight is 499 g/mol. The normalized spacial score (nSPS) is 10.7. The number of carbonyl (C=O) groups excluding carboxylic acids is 2. The average Bonchev–Trinajstić information content (AvgIpc) is 2.57. The zero-order valence-electron chi connectivity index (χ0n) is 15.3. The van der Waals surface area contributed by atoms with E-state index in [-0.39, 0.29) is 36.2 Å². The van der Waals surface area contributed by atoms with Crippen molar-refractivity contribution in [2.45, 2.75) is 39.5 Å². The summed E-state index contributed by atoms with van der Waals surface area (Å²) in [6.45, 7) is 5.45. The maximum Gasteiger partial charge on any atom is 0.224 e. The highest BCUT2D eigenvalue weighted by atomic mass is 79.9. The molecule has 0 heterocycles. The minimum Gasteiger partial charge on any atom is -0.508 e. The minimum absolute atomic E-state index is 0.0223. The Labute approximate surface area is 175 Å². The lowest BCUT2D eigenvalue weighted by Gasteiger charge is -2.15. The van der Waals surface area contributed by atoms with Gasteiger partial charge in [0.05, 0.1) is 8.95 Å². The quantitative estimate of drug-likeness (QED) is 0.480. The molecule has 0 fully saturated rings. The molecule has 0 bridgehead atoms. The van der Waals surface area contributed by atoms with Gasteiger partial charge in [-0.3, -0.25) is 4.79 Å². The van der Waals surface area contributed by atoms with E-state index in [1.807, 2.05) is 13.8 Å². The number of hydrogen-bond acceptors (Lipinski definition) is 4. The lowest BCUT2D eigenvalue weighted by molar-refractivity contribution is -0.121. The van der Waals surface area contributed by atoms with E-state index in [2.05, 4.69) is 37.2 Å². The molecule has 2 aromatic rings. The second kappa shape index (κ2) is 9.37. The molecule has 144 valence electrons. The van der Waals surface area contributed by atoms with Gasteiger partial charge >= 0.3 is 0 Å². The van der Waals surface area contributed by atoms with Crippen LogP contribution in [0.15, 0.2) is 39.3 Å². The maximum absolute atomic E-state index is 11.9. The predicted molar refractivity (Wildman–Crippen MR) is 113 cm³/mol. The number of anilines is 1. The number of ketones is 1. The molecule has 27 heavy (non-hydrogen) atoms. The fourth-order valence-corrected chi connectivity index (χ4v) is 3.77. The Morgan fingerprint density at radius 3 is 2.30 bits per heavy atom. The van der Waals surface area contributed by atoms with Crippen LogP contribution in [0.5, 0.6) is 17.2 Å². The van der Waals surface area contributed by atoms with Gasteiger partial charge in [-0.2, -0.15) is 0 Å². The second-order valence-corrected chi connectivity index (χ2v) is 8.21. The molecule has 0 radical (unpaired) electrons. The van der Waals surface area contributed by atoms with Crippen molar-refractivity contribution in [3.63, 3.8) is 0 Å². The van der Waals surface area contributed by atoms with E-state index in [4.69, 9.17) is 4.74 Å². The Morgan fingerprint density at radius 1 is 1.11 bits per heavy atom. The molecule has 2 aromatic carbocycles. The summed E-state index contributed by atoms with van der Waals surface area (Å²) < 4.78 is 7.26. The van der Waals surface area contributed by atoms with Crippen LogP contribution >= 0.6 is 31.9 Å². The van der Waals surface area contributed by atoms with Crippen molar-refractivity contribution < 1.29 is 19.4 Å². The van der Waals surface area contributed by atoms with Crippen molar-refractivity contribution in [2.75, 3.05) is 5.32 Å². The van der Waals surface area contributed by atoms with Gasteiger partial charge in [-0.25, -0.2) is 0 Å². The third-order valence-electron chi connectivity index (χ3n) is 3.83. The van der Waals surface area contributed by atoms with Crippen molar-refractivity contribution >= 4 is 49.2 Å². The van der Waals surface area contributed by atoms with Gasteiger partial charge in [0, 0.05) is 24.1 Å². The first-order valence-electron chi connectivity index (χ1n) is 8.46. The Bertz CT molecular complexity index is 842. The number of phenols is 1. The highest BCUT2D eigenvalue weighted by Crippen LogP contribution is 2.40. The summed E-state index contributed by atoms with van der Waals surface area (Å²) in [5.41, 5.74) is 1.39. The third-order valence-corrected chi connectivity index (χ3v) is 5.01. The van der Waals surface area contributed by atoms with E-state index in [0.29, 0.717) is 26.1 Å². The Hall–Kier alpha value is -1.86. The molecule has 0 aliphatic carbocycles. The van der Waals surface area contributed by atoms with Crippen molar-refractivity contribution in [3.8, 4) is 17.2 Å². The summed E-state index contributed by atoms with van der Waals surface area (Å²) in [7, 11) is 0. The fourth-order valence-electron chi connectivity index (χ4n) is 2.42. The van der Waals surface area contributed by atoms with Crippen LogP contribution in [0.4, 0.5) is 5.69 Å². The molecule has 0 saturated heterocycles. The van der Waals surface area contributed by atoms with Gasteiger partial charge < -0.3 is 20.0 Å². The van der Waals surface area contributed by atoms with Crippen LogP contribution < -0.4 is 10.1 Å². The van der Waals surface area contributed by atoms with Crippen LogP contribution in [0.25, 0.3) is 0 Å². The van der Waals surface area contributed by atoms with Crippen LogP contribution in [-0.4, -0.2) is 16.8 Å². The Kier molecular flexibility index (Phi) is 7.44. The highest BCUT2D eigenvalue weighted by Gasteiger charge is 2.14. The van der Waals surface area contributed by atoms with Crippen LogP contribution in [0.1, 0.15) is 45.1 Å². The molecule has 0 unspecified atom stereocenters. The zero-order valence-corrected chi connectivity index (χ0v) is 18.5. The van der Waals surface area contributed by atoms with Crippen LogP contribution in [-0.2, 0) is 9.59 Å². The number of ether oxygens (including phenoxy) is 1. The first kappa shape index (κ1) is 21.4. The summed E-state index contributed by atoms with van der Waals surface area (Å²) in [6.07, 6.45) is 0.364. The first-order valence-corrected chi connectivity index (χ1v) is 10.0. The van der Waals surface area contributed by atoms with Gasteiger partial charge in [-0.1, -0.05) is 13.8 Å². The largest absolute Gasteiger partial charge is 0.508 e. The van der Waals surface area contributed by atoms with Gasteiger partial charge in [-0.15, -0.1) is 0 Å². The monoisotopic (exact) mass is 497 g/mol. The van der Waals surface area contributed by atoms with Gasteiger partial charge in [0.1, 0.15) is 17.3 Å². The number of aromatic hydroxyl groups is 1. The zero-order chi connectivity index (χ0) is 20.1. The number of carbonyl (C=O) groups is 2. The van der Waals surface area contributed by atoms with Gasteiger partial charge in [0.15, 0.2) is 5.75 Å². The van der Waals surface area contributed by atoms with Crippen LogP contribution in [0.2, 0.25) is 0 Å². The summed E-state index contributed by atoms with van der Waals surface area (Å²) in [6, 6.07) is 8.56. The van der Waals surface area contributed by atoms with Gasteiger partial charge in [-0.05, 0) is 75.0 Å². The number of Topliss-reactive ketones (excluding diaryl/α,β-unsaturated/α-hetero) is 1. The van der Waals surface area contributed by atoms with Crippen molar-refractivity contribution in [1.29, 1.82) is 0 Å². The Balaban J connectivity index is 2.19. The molecule has 0 spiro atoms. The molecule has 5 nitrogen and oxygen atoms in total. The molecule has 0 aromatic heterocycles. The van der Waals surface area contributed by atoms with Crippen molar-refractivity contribution in [1.82, 2.24) is 0 Å². The van der Waals surface area contributed by atoms with E-state index < -0.39 is 0 Å². The number of hydrogen-bond donors (Lipinski definition) is 2. The van der Waals surface area contributed by atoms with Crippen molar-refractivity contribution in [2.24, 2.45) is 0 Å². The maximum atomic E-state index is 11.9. The standard InChI is InChI=1S/C20H21Br2NO4/c1-11(2)15-10-14(5-6-18(15)25)27-20-16(21)8-13(9-17(20)22)23-19(26)7-4-12(3)24/h5-6,8-11,25H,4,7H2,1-3H3,(H,23,26). The Morgan fingerprint density at radius 2 is 1.74 bits per heavy atom. The lowest BCUT2D eigenvalue weighted by atomic mass is 10.0. The number of nitrogens with one attached hydrogen (secondary N) is 1. The molecular weight excluding hydrogens is 478 g/mol. The van der Waals surface area contributed by atoms with E-state index in [1.165, 1.54) is 6.92 Å². The summed E-state index contributed by atoms with van der Waals surface area (Å²) in [5, 5.41) is 12.7. The third kappa shape index (κ3) is 6.07. The number of amides is 1. The molecule has 0 aliphatic rings. The summed E-state index contributed by atoms with van der Waals surface area (Å²) in [4.78, 5) is 22.9. The van der Waals surface area contributed by atoms with E-state index >= 15 is 0 Å². The first-order chi connectivity index (χ1) is 12.7. The number of halogens is 2. The SMILES string of the molecule is CC(=O)CCC(=O)Nc1cc(Br)c(Oc2ccc(O)c(C(C)C)c2)c(Br)c1. The number of phenolic OH excluding ortho intramolecular Hbond substituents is 1. The van der Waals surface area contributed by atoms with E-state index in [1.54, 1.807) is 30.3 Å². The van der Waals surface area contributed by atoms with Crippen molar-refractivity contribution in [3.05, 3.63) is 44.8 Å². The predicted octanol–water partition coefficient (Wildman–Crippen LogP) is 6.14. The minimum atomic E-state index is -0.224. The van der Waals surface area contributed by atoms with Crippen LogP contribution in [0, 0.1) is 0 Å². The van der Waals surface area contributed by atoms with Gasteiger partial charge in [0.2, 0.25) is 5.91 Å². The lowest BCUT2D eigenvalue weighted by Crippen LogP contribution is -2.12. The molecular formula is C20H21Br2NO4. The molecule has 1 amide bonds. The highest BCUT2D eigenvalue weighted by molar-refractivity contribution is 9.11. The van der Waals surface area contributed by atoms with Gasteiger partial charge in [0.25, 0.3) is 0 Å². The van der Waals surface area contributed by atoms with E-state index in [9.17, 15) is 14.7 Å². The fraction of sp³-hybridized carbons (Fsp3) is 0.300. The molecule has 2 rings (SSSR count). The number of benzene rings is 2. The molecule has 0 saturated carbocycles. The topological polar surface area (TPSA) is 75.6 Å².